The van der Waals surface area contributed by atoms with Gasteiger partial charge in [-0.1, -0.05) is 43.3 Å². The summed E-state index contributed by atoms with van der Waals surface area (Å²) in [4.78, 5) is 16.1. The number of hydrogen-bond acceptors (Lipinski definition) is 4. The van der Waals surface area contributed by atoms with Crippen LogP contribution in [-0.4, -0.2) is 29.3 Å². The number of ether oxygens (including phenoxy) is 2. The van der Waals surface area contributed by atoms with Gasteiger partial charge in [0.25, 0.3) is 0 Å². The number of aromatic nitrogens is 1. The molecule has 0 fully saturated rings. The molecule has 146 valence electrons. The van der Waals surface area contributed by atoms with E-state index in [2.05, 4.69) is 11.1 Å². The molecule has 0 saturated heterocycles. The lowest BCUT2D eigenvalue weighted by molar-refractivity contribution is 0.0690. The minimum atomic E-state index is -0.946. The summed E-state index contributed by atoms with van der Waals surface area (Å²) in [6, 6.07) is 17.4. The summed E-state index contributed by atoms with van der Waals surface area (Å²) in [5, 5.41) is 10.5. The molecule has 0 saturated carbocycles. The highest BCUT2D eigenvalue weighted by atomic mass is 16.5. The van der Waals surface area contributed by atoms with Crippen LogP contribution in [-0.2, 0) is 17.8 Å². The Bertz CT molecular complexity index is 939. The number of benzene rings is 2. The van der Waals surface area contributed by atoms with Crippen molar-refractivity contribution in [2.24, 2.45) is 0 Å². The van der Waals surface area contributed by atoms with Gasteiger partial charge in [0.2, 0.25) is 0 Å². The third-order valence-corrected chi connectivity index (χ3v) is 4.55. The van der Waals surface area contributed by atoms with Crippen molar-refractivity contribution < 1.29 is 19.4 Å². The van der Waals surface area contributed by atoms with Gasteiger partial charge in [0.05, 0.1) is 24.4 Å². The number of rotatable bonds is 10. The zero-order chi connectivity index (χ0) is 19.8. The quantitative estimate of drug-likeness (QED) is 0.509. The van der Waals surface area contributed by atoms with E-state index in [-0.39, 0.29) is 5.56 Å². The highest BCUT2D eigenvalue weighted by molar-refractivity contribution is 5.92. The molecule has 0 spiro atoms. The zero-order valence-corrected chi connectivity index (χ0v) is 16.1. The van der Waals surface area contributed by atoms with Gasteiger partial charge in [-0.3, -0.25) is 4.98 Å². The molecule has 0 unspecified atom stereocenters. The number of carboxylic acids is 1. The van der Waals surface area contributed by atoms with Crippen LogP contribution in [0.25, 0.3) is 10.9 Å². The Hall–Kier alpha value is -2.92. The molecule has 0 amide bonds. The molecule has 2 aromatic carbocycles. The number of hydrogen-bond donors (Lipinski definition) is 1. The summed E-state index contributed by atoms with van der Waals surface area (Å²) in [7, 11) is 0. The summed E-state index contributed by atoms with van der Waals surface area (Å²) in [6.45, 7) is 3.49. The van der Waals surface area contributed by atoms with Crippen LogP contribution in [0.2, 0.25) is 0 Å². The van der Waals surface area contributed by atoms with E-state index in [4.69, 9.17) is 9.47 Å². The number of nitrogens with zero attached hydrogens (tertiary/aromatic N) is 1. The fraction of sp³-hybridized carbons (Fsp3) is 0.304. The first-order chi connectivity index (χ1) is 13.7. The van der Waals surface area contributed by atoms with E-state index in [0.717, 1.165) is 35.0 Å². The standard InChI is InChI=1S/C23H25NO4/c1-2-17-9-7-11-21(22(17)23(25)26)28-15-6-5-14-27-16-19-13-12-18-8-3-4-10-20(18)24-19/h3-4,7-13H,2,5-6,14-16H2,1H3,(H,25,26). The molecule has 0 aliphatic heterocycles. The third kappa shape index (κ3) is 5.08. The Balaban J connectivity index is 1.40. The van der Waals surface area contributed by atoms with Crippen LogP contribution in [0.4, 0.5) is 0 Å². The van der Waals surface area contributed by atoms with Gasteiger partial charge in [-0.15, -0.1) is 0 Å². The Morgan fingerprint density at radius 2 is 1.82 bits per heavy atom. The molecule has 1 heterocycles. The van der Waals surface area contributed by atoms with Gasteiger partial charge in [-0.05, 0) is 43.0 Å². The van der Waals surface area contributed by atoms with E-state index >= 15 is 0 Å². The van der Waals surface area contributed by atoms with Gasteiger partial charge >= 0.3 is 5.97 Å². The minimum Gasteiger partial charge on any atom is -0.493 e. The molecule has 0 aliphatic carbocycles. The van der Waals surface area contributed by atoms with E-state index in [0.29, 0.717) is 32.0 Å². The first-order valence-electron chi connectivity index (χ1n) is 9.59. The maximum absolute atomic E-state index is 11.5. The number of unbranched alkanes of at least 4 members (excludes halogenated alkanes) is 1. The van der Waals surface area contributed by atoms with Crippen molar-refractivity contribution in [2.45, 2.75) is 32.8 Å². The molecule has 0 aliphatic rings. The van der Waals surface area contributed by atoms with Crippen LogP contribution < -0.4 is 4.74 Å². The summed E-state index contributed by atoms with van der Waals surface area (Å²) in [5.74, 6) is -0.508. The molecule has 1 aromatic heterocycles. The SMILES string of the molecule is CCc1cccc(OCCCCOCc2ccc3ccccc3n2)c1C(=O)O. The highest BCUT2D eigenvalue weighted by Gasteiger charge is 2.15. The lowest BCUT2D eigenvalue weighted by atomic mass is 10.0. The molecule has 0 radical (unpaired) electrons. The first-order valence-corrected chi connectivity index (χ1v) is 9.59. The fourth-order valence-corrected chi connectivity index (χ4v) is 3.09. The number of fused-ring (bicyclic) bond motifs is 1. The summed E-state index contributed by atoms with van der Waals surface area (Å²) < 4.78 is 11.4. The van der Waals surface area contributed by atoms with E-state index in [1.54, 1.807) is 6.07 Å². The van der Waals surface area contributed by atoms with Crippen molar-refractivity contribution in [3.05, 3.63) is 71.4 Å². The molecule has 28 heavy (non-hydrogen) atoms. The molecule has 0 atom stereocenters. The second-order valence-corrected chi connectivity index (χ2v) is 6.55. The smallest absolute Gasteiger partial charge is 0.339 e. The van der Waals surface area contributed by atoms with Crippen LogP contribution in [0.5, 0.6) is 5.75 Å². The lowest BCUT2D eigenvalue weighted by Crippen LogP contribution is -2.08. The van der Waals surface area contributed by atoms with Crippen LogP contribution in [0.1, 0.15) is 41.4 Å². The Kier molecular flexibility index (Phi) is 6.98. The van der Waals surface area contributed by atoms with Crippen LogP contribution >= 0.6 is 0 Å². The van der Waals surface area contributed by atoms with Gasteiger partial charge in [-0.25, -0.2) is 4.79 Å². The predicted octanol–water partition coefficient (Wildman–Crippen LogP) is 4.87. The van der Waals surface area contributed by atoms with Crippen LogP contribution in [0.3, 0.4) is 0 Å². The van der Waals surface area contributed by atoms with Crippen LogP contribution in [0, 0.1) is 0 Å². The fourth-order valence-electron chi connectivity index (χ4n) is 3.09. The van der Waals surface area contributed by atoms with E-state index in [9.17, 15) is 9.90 Å². The third-order valence-electron chi connectivity index (χ3n) is 4.55. The number of pyridine rings is 1. The second-order valence-electron chi connectivity index (χ2n) is 6.55. The molecule has 1 N–H and O–H groups in total. The molecule has 5 nitrogen and oxygen atoms in total. The van der Waals surface area contributed by atoms with E-state index in [1.807, 2.05) is 49.4 Å². The number of para-hydroxylation sites is 1. The molecular formula is C23H25NO4. The monoisotopic (exact) mass is 379 g/mol. The van der Waals surface area contributed by atoms with Crippen LogP contribution in [0.15, 0.2) is 54.6 Å². The number of carboxylic acid groups (broad SMARTS) is 1. The van der Waals surface area contributed by atoms with Gasteiger partial charge in [0.15, 0.2) is 0 Å². The van der Waals surface area contributed by atoms with Crippen molar-refractivity contribution in [3.8, 4) is 5.75 Å². The number of carbonyl (C=O) groups is 1. The first kappa shape index (κ1) is 19.8. The van der Waals surface area contributed by atoms with Gasteiger partial charge in [-0.2, -0.15) is 0 Å². The maximum atomic E-state index is 11.5. The highest BCUT2D eigenvalue weighted by Crippen LogP contribution is 2.23. The van der Waals surface area contributed by atoms with E-state index < -0.39 is 5.97 Å². The molecule has 0 bridgehead atoms. The van der Waals surface area contributed by atoms with Gasteiger partial charge in [0.1, 0.15) is 11.3 Å². The largest absolute Gasteiger partial charge is 0.493 e. The maximum Gasteiger partial charge on any atom is 0.339 e. The van der Waals surface area contributed by atoms with Crippen molar-refractivity contribution in [3.63, 3.8) is 0 Å². The van der Waals surface area contributed by atoms with Crippen molar-refractivity contribution in [2.75, 3.05) is 13.2 Å². The molecule has 3 rings (SSSR count). The average molecular weight is 379 g/mol. The predicted molar refractivity (Wildman–Crippen MR) is 109 cm³/mol. The van der Waals surface area contributed by atoms with Crippen molar-refractivity contribution >= 4 is 16.9 Å². The van der Waals surface area contributed by atoms with Gasteiger partial charge in [0, 0.05) is 12.0 Å². The summed E-state index contributed by atoms with van der Waals surface area (Å²) in [5.41, 5.74) is 2.94. The lowest BCUT2D eigenvalue weighted by Gasteiger charge is -2.12. The topological polar surface area (TPSA) is 68.7 Å². The average Bonchev–Trinajstić information content (AvgIpc) is 2.72. The molecule has 3 aromatic rings. The molecule has 5 heteroatoms. The summed E-state index contributed by atoms with van der Waals surface area (Å²) >= 11 is 0. The Labute approximate surface area is 164 Å². The molecular weight excluding hydrogens is 354 g/mol. The Morgan fingerprint density at radius 3 is 2.64 bits per heavy atom. The number of aromatic carboxylic acids is 1. The van der Waals surface area contributed by atoms with E-state index in [1.165, 1.54) is 0 Å². The van der Waals surface area contributed by atoms with Crippen molar-refractivity contribution in [1.82, 2.24) is 4.98 Å². The zero-order valence-electron chi connectivity index (χ0n) is 16.1. The Morgan fingerprint density at radius 1 is 1.00 bits per heavy atom. The minimum absolute atomic E-state index is 0.267. The second kappa shape index (κ2) is 9.85. The summed E-state index contributed by atoms with van der Waals surface area (Å²) in [6.07, 6.45) is 2.29. The normalized spacial score (nSPS) is 10.9. The number of aryl methyl sites for hydroxylation is 1. The van der Waals surface area contributed by atoms with Crippen molar-refractivity contribution in [1.29, 1.82) is 0 Å². The van der Waals surface area contributed by atoms with Gasteiger partial charge < -0.3 is 14.6 Å².